The maximum absolute atomic E-state index is 12.0. The lowest BCUT2D eigenvalue weighted by atomic mass is 10.3. The van der Waals surface area contributed by atoms with Crippen LogP contribution in [0.4, 0.5) is 0 Å². The van der Waals surface area contributed by atoms with Crippen molar-refractivity contribution in [2.24, 2.45) is 0 Å². The van der Waals surface area contributed by atoms with E-state index in [2.05, 4.69) is 20.4 Å². The second kappa shape index (κ2) is 5.08. The highest BCUT2D eigenvalue weighted by atomic mass is 16.1. The molecule has 0 aromatic carbocycles. The van der Waals surface area contributed by atoms with E-state index in [9.17, 15) is 4.79 Å². The van der Waals surface area contributed by atoms with Crippen LogP contribution in [0.25, 0.3) is 5.65 Å². The molecule has 0 radical (unpaired) electrons. The molecule has 3 aromatic heterocycles. The SMILES string of the molecule is Cc1cc2ncc(C(=O)NCc3ccccn3)cn2n1. The molecule has 100 valence electrons. The summed E-state index contributed by atoms with van der Waals surface area (Å²) < 4.78 is 1.60. The highest BCUT2D eigenvalue weighted by Crippen LogP contribution is 2.05. The predicted molar refractivity (Wildman–Crippen MR) is 73.1 cm³/mol. The van der Waals surface area contributed by atoms with Crippen LogP contribution in [0.5, 0.6) is 0 Å². The standard InChI is InChI=1S/C14H13N5O/c1-10-6-13-16-7-11(9-19(13)18-10)14(20)17-8-12-4-2-3-5-15-12/h2-7,9H,8H2,1H3,(H,17,20). The number of aryl methyl sites for hydroxylation is 1. The summed E-state index contributed by atoms with van der Waals surface area (Å²) >= 11 is 0. The molecular weight excluding hydrogens is 254 g/mol. The van der Waals surface area contributed by atoms with Gasteiger partial charge in [0.15, 0.2) is 5.65 Å². The quantitative estimate of drug-likeness (QED) is 0.777. The van der Waals surface area contributed by atoms with Crippen LogP contribution in [-0.2, 0) is 6.54 Å². The summed E-state index contributed by atoms with van der Waals surface area (Å²) in [5.41, 5.74) is 2.87. The molecule has 3 aromatic rings. The Morgan fingerprint density at radius 2 is 2.25 bits per heavy atom. The van der Waals surface area contributed by atoms with E-state index in [4.69, 9.17) is 0 Å². The van der Waals surface area contributed by atoms with Gasteiger partial charge in [0, 0.05) is 24.7 Å². The van der Waals surface area contributed by atoms with Crippen LogP contribution >= 0.6 is 0 Å². The molecule has 0 aliphatic rings. The molecule has 0 unspecified atom stereocenters. The van der Waals surface area contributed by atoms with E-state index in [1.165, 1.54) is 0 Å². The van der Waals surface area contributed by atoms with E-state index in [0.717, 1.165) is 17.0 Å². The molecule has 0 aliphatic carbocycles. The predicted octanol–water partition coefficient (Wildman–Crippen LogP) is 1.36. The summed E-state index contributed by atoms with van der Waals surface area (Å²) in [7, 11) is 0. The molecule has 0 atom stereocenters. The molecule has 0 spiro atoms. The molecular formula is C14H13N5O. The van der Waals surface area contributed by atoms with Crippen molar-refractivity contribution in [3.05, 3.63) is 59.8 Å². The first-order valence-electron chi connectivity index (χ1n) is 6.22. The zero-order valence-electron chi connectivity index (χ0n) is 10.9. The minimum Gasteiger partial charge on any atom is -0.346 e. The third-order valence-electron chi connectivity index (χ3n) is 2.85. The second-order valence-corrected chi connectivity index (χ2v) is 4.43. The third-order valence-corrected chi connectivity index (χ3v) is 2.85. The molecule has 20 heavy (non-hydrogen) atoms. The van der Waals surface area contributed by atoms with E-state index in [1.807, 2.05) is 31.2 Å². The minimum absolute atomic E-state index is 0.196. The molecule has 0 bridgehead atoms. The van der Waals surface area contributed by atoms with Crippen molar-refractivity contribution < 1.29 is 4.79 Å². The fraction of sp³-hybridized carbons (Fsp3) is 0.143. The average Bonchev–Trinajstić information content (AvgIpc) is 2.85. The lowest BCUT2D eigenvalue weighted by Crippen LogP contribution is -2.23. The maximum atomic E-state index is 12.0. The zero-order valence-corrected chi connectivity index (χ0v) is 10.9. The number of rotatable bonds is 3. The largest absolute Gasteiger partial charge is 0.346 e. The average molecular weight is 267 g/mol. The summed E-state index contributed by atoms with van der Waals surface area (Å²) in [4.78, 5) is 20.4. The smallest absolute Gasteiger partial charge is 0.254 e. The minimum atomic E-state index is -0.196. The number of nitrogens with one attached hydrogen (secondary N) is 1. The molecule has 3 rings (SSSR count). The first kappa shape index (κ1) is 12.3. The van der Waals surface area contributed by atoms with E-state index >= 15 is 0 Å². The number of pyridine rings is 1. The monoisotopic (exact) mass is 267 g/mol. The highest BCUT2D eigenvalue weighted by Gasteiger charge is 2.08. The van der Waals surface area contributed by atoms with Gasteiger partial charge in [-0.15, -0.1) is 0 Å². The Hall–Kier alpha value is -2.76. The molecule has 6 heteroatoms. The molecule has 6 nitrogen and oxygen atoms in total. The van der Waals surface area contributed by atoms with Crippen molar-refractivity contribution in [3.63, 3.8) is 0 Å². The van der Waals surface area contributed by atoms with Gasteiger partial charge in [-0.1, -0.05) is 6.07 Å². The Labute approximate surface area is 115 Å². The van der Waals surface area contributed by atoms with Crippen LogP contribution in [0.15, 0.2) is 42.9 Å². The van der Waals surface area contributed by atoms with Gasteiger partial charge >= 0.3 is 0 Å². The van der Waals surface area contributed by atoms with Gasteiger partial charge in [-0.2, -0.15) is 5.10 Å². The van der Waals surface area contributed by atoms with Gasteiger partial charge in [0.1, 0.15) is 0 Å². The number of hydrogen-bond acceptors (Lipinski definition) is 4. The highest BCUT2D eigenvalue weighted by molar-refractivity contribution is 5.93. The van der Waals surface area contributed by atoms with Crippen molar-refractivity contribution >= 4 is 11.6 Å². The second-order valence-electron chi connectivity index (χ2n) is 4.43. The van der Waals surface area contributed by atoms with Crippen molar-refractivity contribution in [3.8, 4) is 0 Å². The summed E-state index contributed by atoms with van der Waals surface area (Å²) in [6, 6.07) is 7.44. The van der Waals surface area contributed by atoms with E-state index < -0.39 is 0 Å². The first-order chi connectivity index (χ1) is 9.72. The Morgan fingerprint density at radius 3 is 3.05 bits per heavy atom. The van der Waals surface area contributed by atoms with E-state index in [1.54, 1.807) is 23.1 Å². The van der Waals surface area contributed by atoms with Crippen LogP contribution < -0.4 is 5.32 Å². The summed E-state index contributed by atoms with van der Waals surface area (Å²) in [5, 5.41) is 7.04. The summed E-state index contributed by atoms with van der Waals surface area (Å²) in [5.74, 6) is -0.196. The van der Waals surface area contributed by atoms with Gasteiger partial charge in [0.05, 0.1) is 23.5 Å². The van der Waals surface area contributed by atoms with Crippen LogP contribution in [0, 0.1) is 6.92 Å². The van der Waals surface area contributed by atoms with Crippen LogP contribution in [0.3, 0.4) is 0 Å². The number of fused-ring (bicyclic) bond motifs is 1. The molecule has 0 saturated heterocycles. The zero-order chi connectivity index (χ0) is 13.9. The Balaban J connectivity index is 1.75. The topological polar surface area (TPSA) is 72.2 Å². The van der Waals surface area contributed by atoms with Crippen molar-refractivity contribution in [1.29, 1.82) is 0 Å². The number of hydrogen-bond donors (Lipinski definition) is 1. The van der Waals surface area contributed by atoms with Gasteiger partial charge in [-0.05, 0) is 19.1 Å². The third kappa shape index (κ3) is 2.49. The lowest BCUT2D eigenvalue weighted by molar-refractivity contribution is 0.0949. The molecule has 1 amide bonds. The number of amides is 1. The Morgan fingerprint density at radius 1 is 1.35 bits per heavy atom. The Kier molecular flexibility index (Phi) is 3.12. The molecule has 0 fully saturated rings. The van der Waals surface area contributed by atoms with Crippen LogP contribution in [0.2, 0.25) is 0 Å². The molecule has 0 aliphatic heterocycles. The molecule has 1 N–H and O–H groups in total. The molecule has 0 saturated carbocycles. The van der Waals surface area contributed by atoms with Gasteiger partial charge in [-0.3, -0.25) is 9.78 Å². The van der Waals surface area contributed by atoms with E-state index in [0.29, 0.717) is 12.1 Å². The van der Waals surface area contributed by atoms with E-state index in [-0.39, 0.29) is 5.91 Å². The summed E-state index contributed by atoms with van der Waals surface area (Å²) in [6.45, 7) is 2.27. The fourth-order valence-corrected chi connectivity index (χ4v) is 1.89. The maximum Gasteiger partial charge on any atom is 0.254 e. The van der Waals surface area contributed by atoms with Crippen LogP contribution in [-0.4, -0.2) is 25.5 Å². The lowest BCUT2D eigenvalue weighted by Gasteiger charge is -2.04. The number of nitrogens with zero attached hydrogens (tertiary/aromatic N) is 4. The van der Waals surface area contributed by atoms with Gasteiger partial charge in [0.2, 0.25) is 0 Å². The van der Waals surface area contributed by atoms with Crippen molar-refractivity contribution in [2.75, 3.05) is 0 Å². The fourth-order valence-electron chi connectivity index (χ4n) is 1.89. The normalized spacial score (nSPS) is 10.7. The van der Waals surface area contributed by atoms with Gasteiger partial charge in [0.25, 0.3) is 5.91 Å². The summed E-state index contributed by atoms with van der Waals surface area (Å²) in [6.07, 6.45) is 4.91. The molecule has 3 heterocycles. The van der Waals surface area contributed by atoms with Crippen LogP contribution in [0.1, 0.15) is 21.7 Å². The Bertz CT molecular complexity index is 751. The number of carbonyl (C=O) groups is 1. The van der Waals surface area contributed by atoms with Gasteiger partial charge in [-0.25, -0.2) is 9.50 Å². The van der Waals surface area contributed by atoms with Crippen molar-refractivity contribution in [2.45, 2.75) is 13.5 Å². The first-order valence-corrected chi connectivity index (χ1v) is 6.22. The van der Waals surface area contributed by atoms with Crippen molar-refractivity contribution in [1.82, 2.24) is 24.9 Å². The number of aromatic nitrogens is 4. The number of carbonyl (C=O) groups excluding carboxylic acids is 1. The van der Waals surface area contributed by atoms with Gasteiger partial charge < -0.3 is 5.32 Å².